The molecule has 4 rings (SSSR count). The van der Waals surface area contributed by atoms with Crippen molar-refractivity contribution in [3.63, 3.8) is 0 Å². The third-order valence-electron chi connectivity index (χ3n) is 7.27. The predicted molar refractivity (Wildman–Crippen MR) is 159 cm³/mol. The third kappa shape index (κ3) is 7.74. The van der Waals surface area contributed by atoms with Gasteiger partial charge in [-0.05, 0) is 23.1 Å². The Hall–Kier alpha value is -3.23. The number of hydrogen-bond donors (Lipinski definition) is 2. The quantitative estimate of drug-likeness (QED) is 0.201. The van der Waals surface area contributed by atoms with E-state index in [4.69, 9.17) is 4.74 Å². The maximum atomic E-state index is 13.6. The van der Waals surface area contributed by atoms with Gasteiger partial charge in [-0.1, -0.05) is 84.1 Å². The van der Waals surface area contributed by atoms with Gasteiger partial charge in [-0.15, -0.1) is 0 Å². The van der Waals surface area contributed by atoms with Crippen molar-refractivity contribution in [2.24, 2.45) is 0 Å². The van der Waals surface area contributed by atoms with Crippen LogP contribution in [0.3, 0.4) is 0 Å². The molecule has 2 aromatic rings. The molecule has 2 aliphatic heterocycles. The molecule has 2 aromatic carbocycles. The van der Waals surface area contributed by atoms with Crippen LogP contribution in [0.1, 0.15) is 36.5 Å². The summed E-state index contributed by atoms with van der Waals surface area (Å²) >= 11 is 2.31. The van der Waals surface area contributed by atoms with Crippen molar-refractivity contribution in [3.05, 3.63) is 71.3 Å². The predicted octanol–water partition coefficient (Wildman–Crippen LogP) is 2.83. The van der Waals surface area contributed by atoms with E-state index in [2.05, 4.69) is 40.0 Å². The largest absolute Gasteiger partial charge is 0.481 e. The van der Waals surface area contributed by atoms with Crippen molar-refractivity contribution in [3.8, 4) is 0 Å². The highest BCUT2D eigenvalue weighted by Crippen LogP contribution is 2.28. The first kappa shape index (κ1) is 30.7. The minimum absolute atomic E-state index is 0.0392. The Bertz CT molecular complexity index is 1210. The lowest BCUT2D eigenvalue weighted by Crippen LogP contribution is -2.76. The summed E-state index contributed by atoms with van der Waals surface area (Å²) in [7, 11) is 0. The van der Waals surface area contributed by atoms with Gasteiger partial charge in [0.15, 0.2) is 0 Å². The highest BCUT2D eigenvalue weighted by atomic mass is 127. The van der Waals surface area contributed by atoms with Crippen molar-refractivity contribution in [2.45, 2.75) is 49.6 Å². The topological polar surface area (TPSA) is 123 Å². The summed E-state index contributed by atoms with van der Waals surface area (Å²) in [6.07, 6.45) is -1.09. The fourth-order valence-corrected chi connectivity index (χ4v) is 5.65. The number of carbonyl (C=O) groups excluding carboxylic acids is 3. The first-order valence-corrected chi connectivity index (χ1v) is 15.2. The van der Waals surface area contributed by atoms with Crippen molar-refractivity contribution >= 4 is 46.4 Å². The average molecular weight is 678 g/mol. The van der Waals surface area contributed by atoms with Crippen molar-refractivity contribution in [1.29, 1.82) is 0 Å². The van der Waals surface area contributed by atoms with Gasteiger partial charge in [0.2, 0.25) is 11.8 Å². The summed E-state index contributed by atoms with van der Waals surface area (Å²) in [6, 6.07) is 16.2. The first-order chi connectivity index (χ1) is 19.8. The van der Waals surface area contributed by atoms with E-state index in [0.29, 0.717) is 19.7 Å². The fourth-order valence-electron chi connectivity index (χ4n) is 5.15. The molecule has 41 heavy (non-hydrogen) atoms. The van der Waals surface area contributed by atoms with E-state index in [-0.39, 0.29) is 50.9 Å². The van der Waals surface area contributed by atoms with E-state index in [1.807, 2.05) is 49.4 Å². The van der Waals surface area contributed by atoms with Gasteiger partial charge in [0, 0.05) is 30.5 Å². The number of carboxylic acid groups (broad SMARTS) is 1. The molecule has 12 heteroatoms. The zero-order chi connectivity index (χ0) is 29.4. The highest BCUT2D eigenvalue weighted by Gasteiger charge is 2.51. The van der Waals surface area contributed by atoms with Crippen LogP contribution in [-0.2, 0) is 36.7 Å². The van der Waals surface area contributed by atoms with Crippen molar-refractivity contribution < 1.29 is 29.0 Å². The van der Waals surface area contributed by atoms with Gasteiger partial charge in [0.1, 0.15) is 12.2 Å². The van der Waals surface area contributed by atoms with E-state index < -0.39 is 24.2 Å². The number of halogens is 1. The molecule has 220 valence electrons. The summed E-state index contributed by atoms with van der Waals surface area (Å²) in [6.45, 7) is 3.46. The number of urea groups is 1. The number of ether oxygens (including phenoxy) is 1. The normalized spacial score (nSPS) is 19.3. The Morgan fingerprint density at radius 2 is 1.76 bits per heavy atom. The van der Waals surface area contributed by atoms with Gasteiger partial charge >= 0.3 is 12.0 Å². The number of benzene rings is 2. The number of hydrazine groups is 1. The minimum Gasteiger partial charge on any atom is -0.481 e. The van der Waals surface area contributed by atoms with Gasteiger partial charge in [0.25, 0.3) is 0 Å². The molecule has 0 unspecified atom stereocenters. The monoisotopic (exact) mass is 677 g/mol. The maximum Gasteiger partial charge on any atom is 0.334 e. The lowest BCUT2D eigenvalue weighted by molar-refractivity contribution is -0.191. The molecule has 0 bridgehead atoms. The smallest absolute Gasteiger partial charge is 0.334 e. The molecule has 2 atom stereocenters. The van der Waals surface area contributed by atoms with Crippen LogP contribution >= 0.6 is 22.6 Å². The van der Waals surface area contributed by atoms with Crippen LogP contribution in [0.15, 0.2) is 54.6 Å². The van der Waals surface area contributed by atoms with Crippen LogP contribution in [0, 0.1) is 0 Å². The molecule has 0 aliphatic carbocycles. The summed E-state index contributed by atoms with van der Waals surface area (Å²) < 4.78 is 6.79. The molecule has 2 aliphatic rings. The number of nitrogens with one attached hydrogen (secondary N) is 1. The van der Waals surface area contributed by atoms with E-state index in [1.165, 1.54) is 15.5 Å². The molecule has 2 saturated heterocycles. The lowest BCUT2D eigenvalue weighted by atomic mass is 10.0. The standard InChI is InChI=1S/C29H36IN5O6/c1-2-33-19-26(36)34-24(12-13-27(37)38)28(39)32(14-15-41-20-23-10-8-21(16-30)9-11-23)18-25(34)35(33)29(40)31-17-22-6-4-3-5-7-22/h3-11,24-25H,2,12-20H2,1H3,(H,31,40)(H,37,38)/t24-,25-/m0/s1. The summed E-state index contributed by atoms with van der Waals surface area (Å²) in [4.78, 5) is 54.8. The van der Waals surface area contributed by atoms with Crippen molar-refractivity contribution in [1.82, 2.24) is 25.1 Å². The second-order valence-electron chi connectivity index (χ2n) is 9.99. The molecule has 2 N–H and O–H groups in total. The second kappa shape index (κ2) is 14.6. The number of rotatable bonds is 12. The molecule has 11 nitrogen and oxygen atoms in total. The molecule has 4 amide bonds. The number of hydrogen-bond acceptors (Lipinski definition) is 6. The molecule has 0 aromatic heterocycles. The number of likely N-dealkylation sites (N-methyl/N-ethyl adjacent to an activating group) is 1. The molecule has 0 radical (unpaired) electrons. The maximum absolute atomic E-state index is 13.6. The Labute approximate surface area is 253 Å². The van der Waals surface area contributed by atoms with Crippen LogP contribution in [0.5, 0.6) is 0 Å². The van der Waals surface area contributed by atoms with Gasteiger partial charge in [-0.25, -0.2) is 14.8 Å². The Balaban J connectivity index is 1.50. The number of nitrogens with zero attached hydrogens (tertiary/aromatic N) is 4. The van der Waals surface area contributed by atoms with Crippen LogP contribution in [0.25, 0.3) is 0 Å². The highest BCUT2D eigenvalue weighted by molar-refractivity contribution is 14.1. The minimum atomic E-state index is -1.06. The summed E-state index contributed by atoms with van der Waals surface area (Å²) in [5, 5.41) is 15.5. The molecular formula is C29H36IN5O6. The van der Waals surface area contributed by atoms with E-state index >= 15 is 0 Å². The number of aliphatic carboxylic acids is 1. The number of fused-ring (bicyclic) bond motifs is 1. The molecule has 0 saturated carbocycles. The first-order valence-electron chi connectivity index (χ1n) is 13.7. The van der Waals surface area contributed by atoms with Crippen LogP contribution in [0.2, 0.25) is 0 Å². The van der Waals surface area contributed by atoms with Crippen LogP contribution in [-0.4, -0.2) is 93.7 Å². The van der Waals surface area contributed by atoms with Crippen LogP contribution < -0.4 is 5.32 Å². The zero-order valence-electron chi connectivity index (χ0n) is 23.1. The Kier molecular flexibility index (Phi) is 10.9. The average Bonchev–Trinajstić information content (AvgIpc) is 2.98. The zero-order valence-corrected chi connectivity index (χ0v) is 25.2. The molecular weight excluding hydrogens is 641 g/mol. The second-order valence-corrected chi connectivity index (χ2v) is 10.7. The van der Waals surface area contributed by atoms with E-state index in [9.17, 15) is 24.3 Å². The SMILES string of the molecule is CCN1CC(=O)N2[C@@H](CCC(=O)O)C(=O)N(CCOCc3ccc(CI)cc3)C[C@@H]2N1C(=O)NCc1ccccc1. The van der Waals surface area contributed by atoms with Crippen molar-refractivity contribution in [2.75, 3.05) is 32.8 Å². The number of amides is 4. The number of alkyl halides is 1. The van der Waals surface area contributed by atoms with E-state index in [0.717, 1.165) is 15.6 Å². The number of carboxylic acids is 1. The number of carbonyl (C=O) groups is 4. The lowest BCUT2D eigenvalue weighted by Gasteiger charge is -2.55. The van der Waals surface area contributed by atoms with Gasteiger partial charge in [0.05, 0.1) is 26.3 Å². The van der Waals surface area contributed by atoms with E-state index in [1.54, 1.807) is 9.91 Å². The Morgan fingerprint density at radius 3 is 2.41 bits per heavy atom. The molecule has 2 heterocycles. The summed E-state index contributed by atoms with van der Waals surface area (Å²) in [5.74, 6) is -1.69. The fraction of sp³-hybridized carbons (Fsp3) is 0.448. The van der Waals surface area contributed by atoms with Crippen LogP contribution in [0.4, 0.5) is 4.79 Å². The molecule has 0 spiro atoms. The van der Waals surface area contributed by atoms with Gasteiger partial charge in [-0.3, -0.25) is 14.4 Å². The number of piperazine rings is 1. The Morgan fingerprint density at radius 1 is 1.05 bits per heavy atom. The third-order valence-corrected chi connectivity index (χ3v) is 8.15. The molecule has 2 fully saturated rings. The van der Waals surface area contributed by atoms with Gasteiger partial charge in [-0.2, -0.15) is 0 Å². The summed E-state index contributed by atoms with van der Waals surface area (Å²) in [5.41, 5.74) is 3.17. The van der Waals surface area contributed by atoms with Gasteiger partial charge < -0.3 is 25.0 Å².